The molecule has 0 saturated carbocycles. The van der Waals surface area contributed by atoms with Gasteiger partial charge < -0.3 is 14.4 Å². The maximum Gasteiger partial charge on any atom is 0.508 e. The van der Waals surface area contributed by atoms with Crippen molar-refractivity contribution in [2.45, 2.75) is 58.5 Å². The Kier molecular flexibility index (Phi) is 8.81. The van der Waals surface area contributed by atoms with Gasteiger partial charge in [-0.15, -0.1) is 0 Å². The van der Waals surface area contributed by atoms with Crippen LogP contribution in [-0.2, 0) is 9.47 Å². The first-order chi connectivity index (χ1) is 8.37. The van der Waals surface area contributed by atoms with Crippen LogP contribution in [0.1, 0.15) is 52.9 Å². The maximum atomic E-state index is 11.5. The molecular weight excluding hydrogens is 230 g/mol. The van der Waals surface area contributed by atoms with Crippen LogP contribution in [0.15, 0.2) is 0 Å². The van der Waals surface area contributed by atoms with E-state index in [9.17, 15) is 4.79 Å². The largest absolute Gasteiger partial charge is 0.508 e. The molecule has 18 heavy (non-hydrogen) atoms. The number of hydrogen-bond donors (Lipinski definition) is 0. The Labute approximate surface area is 112 Å². The zero-order chi connectivity index (χ0) is 14.0. The highest BCUT2D eigenvalue weighted by Crippen LogP contribution is 2.18. The lowest BCUT2D eigenvalue weighted by Crippen LogP contribution is -2.28. The van der Waals surface area contributed by atoms with E-state index < -0.39 is 11.8 Å². The highest BCUT2D eigenvalue weighted by molar-refractivity contribution is 5.60. The Morgan fingerprint density at radius 3 is 2.39 bits per heavy atom. The van der Waals surface area contributed by atoms with Gasteiger partial charge >= 0.3 is 6.16 Å². The Bertz CT molecular complexity index is 227. The molecule has 0 aliphatic rings. The molecule has 0 atom stereocenters. The van der Waals surface area contributed by atoms with E-state index in [-0.39, 0.29) is 0 Å². The van der Waals surface area contributed by atoms with Crippen molar-refractivity contribution in [1.29, 1.82) is 0 Å². The van der Waals surface area contributed by atoms with Gasteiger partial charge in [0.1, 0.15) is 5.60 Å². The van der Waals surface area contributed by atoms with Crippen molar-refractivity contribution in [3.05, 3.63) is 0 Å². The third-order valence-corrected chi connectivity index (χ3v) is 2.71. The van der Waals surface area contributed by atoms with Gasteiger partial charge in [0.15, 0.2) is 0 Å². The van der Waals surface area contributed by atoms with E-state index >= 15 is 0 Å². The van der Waals surface area contributed by atoms with Gasteiger partial charge in [0.05, 0.1) is 6.61 Å². The standard InChI is InChI=1S/C14H29NO3/c1-6-7-10-14(2,3)18-13(16)17-12-9-8-11-15(4)5/h6-12H2,1-5H3. The summed E-state index contributed by atoms with van der Waals surface area (Å²) in [5.74, 6) is 0. The van der Waals surface area contributed by atoms with E-state index in [2.05, 4.69) is 11.8 Å². The topological polar surface area (TPSA) is 38.8 Å². The zero-order valence-corrected chi connectivity index (χ0v) is 12.6. The lowest BCUT2D eigenvalue weighted by atomic mass is 10.0. The van der Waals surface area contributed by atoms with Gasteiger partial charge in [-0.1, -0.05) is 13.3 Å². The SMILES string of the molecule is CCCCC(C)(C)OC(=O)OCCCCN(C)C. The average molecular weight is 259 g/mol. The van der Waals surface area contributed by atoms with Crippen LogP contribution in [0.25, 0.3) is 0 Å². The van der Waals surface area contributed by atoms with Crippen molar-refractivity contribution in [2.24, 2.45) is 0 Å². The van der Waals surface area contributed by atoms with Gasteiger partial charge in [-0.2, -0.15) is 0 Å². The number of carbonyl (C=O) groups excluding carboxylic acids is 1. The molecule has 0 fully saturated rings. The van der Waals surface area contributed by atoms with Gasteiger partial charge in [-0.25, -0.2) is 4.79 Å². The molecule has 0 aromatic carbocycles. The van der Waals surface area contributed by atoms with E-state index in [1.807, 2.05) is 27.9 Å². The lowest BCUT2D eigenvalue weighted by Gasteiger charge is -2.24. The zero-order valence-electron chi connectivity index (χ0n) is 12.6. The van der Waals surface area contributed by atoms with E-state index in [0.29, 0.717) is 6.61 Å². The first-order valence-electron chi connectivity index (χ1n) is 6.88. The molecule has 0 radical (unpaired) electrons. The fourth-order valence-electron chi connectivity index (χ4n) is 1.59. The van der Waals surface area contributed by atoms with Crippen molar-refractivity contribution in [1.82, 2.24) is 4.90 Å². The Morgan fingerprint density at radius 1 is 1.17 bits per heavy atom. The van der Waals surface area contributed by atoms with E-state index in [0.717, 1.165) is 38.6 Å². The normalized spacial score (nSPS) is 11.7. The number of nitrogens with zero attached hydrogens (tertiary/aromatic N) is 1. The monoisotopic (exact) mass is 259 g/mol. The smallest absolute Gasteiger partial charge is 0.434 e. The van der Waals surface area contributed by atoms with Crippen LogP contribution in [0, 0.1) is 0 Å². The molecule has 0 N–H and O–H groups in total. The molecule has 4 heteroatoms. The molecule has 0 rings (SSSR count). The van der Waals surface area contributed by atoms with Gasteiger partial charge in [0.25, 0.3) is 0 Å². The number of hydrogen-bond acceptors (Lipinski definition) is 4. The van der Waals surface area contributed by atoms with Crippen molar-refractivity contribution in [3.8, 4) is 0 Å². The minimum absolute atomic E-state index is 0.420. The average Bonchev–Trinajstić information content (AvgIpc) is 2.25. The van der Waals surface area contributed by atoms with Crippen LogP contribution in [0.3, 0.4) is 0 Å². The number of ether oxygens (including phenoxy) is 2. The van der Waals surface area contributed by atoms with Gasteiger partial charge in [0, 0.05) is 0 Å². The third kappa shape index (κ3) is 10.4. The summed E-state index contributed by atoms with van der Waals surface area (Å²) in [5.41, 5.74) is -0.420. The molecule has 4 nitrogen and oxygen atoms in total. The van der Waals surface area contributed by atoms with Crippen LogP contribution in [-0.4, -0.2) is 43.9 Å². The summed E-state index contributed by atoms with van der Waals surface area (Å²) >= 11 is 0. The fraction of sp³-hybridized carbons (Fsp3) is 0.929. The molecule has 0 heterocycles. The second kappa shape index (κ2) is 9.20. The van der Waals surface area contributed by atoms with Crippen LogP contribution >= 0.6 is 0 Å². The Balaban J connectivity index is 3.64. The second-order valence-electron chi connectivity index (χ2n) is 5.57. The van der Waals surface area contributed by atoms with Crippen molar-refractivity contribution >= 4 is 6.16 Å². The number of carbonyl (C=O) groups is 1. The summed E-state index contributed by atoms with van der Waals surface area (Å²) in [6, 6.07) is 0. The Morgan fingerprint density at radius 2 is 1.83 bits per heavy atom. The van der Waals surface area contributed by atoms with Gasteiger partial charge in [-0.05, 0) is 60.2 Å². The third-order valence-electron chi connectivity index (χ3n) is 2.71. The van der Waals surface area contributed by atoms with E-state index in [4.69, 9.17) is 9.47 Å². The molecule has 0 aromatic heterocycles. The van der Waals surface area contributed by atoms with Crippen LogP contribution < -0.4 is 0 Å². The highest BCUT2D eigenvalue weighted by atomic mass is 16.7. The molecule has 108 valence electrons. The summed E-state index contributed by atoms with van der Waals surface area (Å²) in [6.45, 7) is 7.43. The predicted octanol–water partition coefficient (Wildman–Crippen LogP) is 3.45. The lowest BCUT2D eigenvalue weighted by molar-refractivity contribution is -0.0217. The first kappa shape index (κ1) is 17.2. The maximum absolute atomic E-state index is 11.5. The fourth-order valence-corrected chi connectivity index (χ4v) is 1.59. The molecular formula is C14H29NO3. The summed E-state index contributed by atoms with van der Waals surface area (Å²) < 4.78 is 10.4. The second-order valence-corrected chi connectivity index (χ2v) is 5.57. The number of unbranched alkanes of at least 4 members (excludes halogenated alkanes) is 2. The first-order valence-corrected chi connectivity index (χ1v) is 6.88. The van der Waals surface area contributed by atoms with Crippen molar-refractivity contribution < 1.29 is 14.3 Å². The summed E-state index contributed by atoms with van der Waals surface area (Å²) in [5, 5.41) is 0. The van der Waals surface area contributed by atoms with E-state index in [1.165, 1.54) is 0 Å². The molecule has 0 aliphatic heterocycles. The molecule has 0 unspecified atom stereocenters. The quantitative estimate of drug-likeness (QED) is 0.469. The van der Waals surface area contributed by atoms with Gasteiger partial charge in [0.2, 0.25) is 0 Å². The minimum Gasteiger partial charge on any atom is -0.434 e. The van der Waals surface area contributed by atoms with Crippen molar-refractivity contribution in [3.63, 3.8) is 0 Å². The molecule has 0 amide bonds. The summed E-state index contributed by atoms with van der Waals surface area (Å²) in [6.07, 6.45) is 4.40. The van der Waals surface area contributed by atoms with Crippen LogP contribution in [0.5, 0.6) is 0 Å². The van der Waals surface area contributed by atoms with Crippen molar-refractivity contribution in [2.75, 3.05) is 27.2 Å². The van der Waals surface area contributed by atoms with Crippen LogP contribution in [0.2, 0.25) is 0 Å². The summed E-state index contributed by atoms with van der Waals surface area (Å²) in [7, 11) is 4.07. The van der Waals surface area contributed by atoms with E-state index in [1.54, 1.807) is 0 Å². The predicted molar refractivity (Wildman–Crippen MR) is 73.8 cm³/mol. The Hall–Kier alpha value is -0.770. The molecule has 0 aliphatic carbocycles. The summed E-state index contributed by atoms with van der Waals surface area (Å²) in [4.78, 5) is 13.6. The minimum atomic E-state index is -0.541. The van der Waals surface area contributed by atoms with Gasteiger partial charge in [-0.3, -0.25) is 0 Å². The molecule has 0 bridgehead atoms. The molecule has 0 spiro atoms. The van der Waals surface area contributed by atoms with Crippen LogP contribution in [0.4, 0.5) is 4.79 Å². The molecule has 0 saturated heterocycles. The molecule has 0 aromatic rings. The number of rotatable bonds is 9. The highest BCUT2D eigenvalue weighted by Gasteiger charge is 2.22.